The molecule has 0 bridgehead atoms. The quantitative estimate of drug-likeness (QED) is 0.507. The predicted molar refractivity (Wildman–Crippen MR) is 125 cm³/mol. The van der Waals surface area contributed by atoms with Crippen molar-refractivity contribution < 1.29 is 14.0 Å². The summed E-state index contributed by atoms with van der Waals surface area (Å²) in [6.07, 6.45) is 0.474. The molecule has 0 aliphatic carbocycles. The maximum atomic E-state index is 13.5. The number of halogens is 2. The lowest BCUT2D eigenvalue weighted by atomic mass is 10.0. The zero-order valence-corrected chi connectivity index (χ0v) is 18.7. The monoisotopic (exact) mass is 452 g/mol. The van der Waals surface area contributed by atoms with Crippen molar-refractivity contribution in [1.82, 2.24) is 10.2 Å². The Bertz CT molecular complexity index is 1040. The average molecular weight is 453 g/mol. The third kappa shape index (κ3) is 6.66. The number of benzene rings is 3. The minimum Gasteiger partial charge on any atom is -0.355 e. The van der Waals surface area contributed by atoms with E-state index < -0.39 is 6.04 Å². The van der Waals surface area contributed by atoms with Gasteiger partial charge in [0.1, 0.15) is 11.9 Å². The Kier molecular flexibility index (Phi) is 8.40. The Balaban J connectivity index is 1.94. The molecule has 3 aromatic rings. The van der Waals surface area contributed by atoms with E-state index in [0.717, 1.165) is 16.7 Å². The molecular weight excluding hydrogens is 427 g/mol. The highest BCUT2D eigenvalue weighted by atomic mass is 35.5. The molecule has 0 heterocycles. The summed E-state index contributed by atoms with van der Waals surface area (Å²) in [6, 6.07) is 22.0. The molecule has 166 valence electrons. The number of likely N-dealkylation sites (N-methyl/N-ethyl adjacent to an activating group) is 1. The Morgan fingerprint density at radius 2 is 1.62 bits per heavy atom. The number of hydrogen-bond donors (Lipinski definition) is 1. The van der Waals surface area contributed by atoms with Crippen molar-refractivity contribution in [2.45, 2.75) is 32.4 Å². The van der Waals surface area contributed by atoms with E-state index in [2.05, 4.69) is 5.32 Å². The van der Waals surface area contributed by atoms with Crippen molar-refractivity contribution in [3.05, 3.63) is 106 Å². The van der Waals surface area contributed by atoms with Crippen molar-refractivity contribution in [2.24, 2.45) is 0 Å². The zero-order chi connectivity index (χ0) is 22.9. The number of carbonyl (C=O) groups is 2. The molecule has 0 spiro atoms. The van der Waals surface area contributed by atoms with Gasteiger partial charge in [-0.1, -0.05) is 66.2 Å². The number of nitrogens with zero attached hydrogens (tertiary/aromatic N) is 1. The van der Waals surface area contributed by atoms with Crippen LogP contribution >= 0.6 is 11.6 Å². The van der Waals surface area contributed by atoms with Gasteiger partial charge in [-0.25, -0.2) is 4.39 Å². The van der Waals surface area contributed by atoms with Gasteiger partial charge in [-0.15, -0.1) is 0 Å². The molecular formula is C26H26ClFN2O2. The Morgan fingerprint density at radius 1 is 0.938 bits per heavy atom. The van der Waals surface area contributed by atoms with Crippen molar-refractivity contribution in [1.29, 1.82) is 0 Å². The number of amides is 2. The summed E-state index contributed by atoms with van der Waals surface area (Å²) in [5, 5.41) is 3.40. The van der Waals surface area contributed by atoms with Crippen molar-refractivity contribution >= 4 is 23.4 Å². The molecule has 0 aliphatic rings. The molecule has 0 fully saturated rings. The van der Waals surface area contributed by atoms with Gasteiger partial charge in [0.25, 0.3) is 0 Å². The molecule has 1 N–H and O–H groups in total. The second-order valence-corrected chi connectivity index (χ2v) is 7.99. The minimum atomic E-state index is -0.714. The average Bonchev–Trinajstić information content (AvgIpc) is 2.78. The third-order valence-electron chi connectivity index (χ3n) is 5.13. The molecule has 32 heavy (non-hydrogen) atoms. The molecule has 3 rings (SSSR count). The van der Waals surface area contributed by atoms with Crippen LogP contribution in [0.2, 0.25) is 5.02 Å². The van der Waals surface area contributed by atoms with Crippen LogP contribution in [0.25, 0.3) is 0 Å². The van der Waals surface area contributed by atoms with E-state index in [4.69, 9.17) is 11.6 Å². The Morgan fingerprint density at radius 3 is 2.28 bits per heavy atom. The lowest BCUT2D eigenvalue weighted by Gasteiger charge is -2.31. The molecule has 6 heteroatoms. The lowest BCUT2D eigenvalue weighted by molar-refractivity contribution is -0.140. The van der Waals surface area contributed by atoms with Crippen LogP contribution in [0.1, 0.15) is 23.6 Å². The van der Waals surface area contributed by atoms with Crippen LogP contribution in [-0.2, 0) is 29.0 Å². The summed E-state index contributed by atoms with van der Waals surface area (Å²) in [6.45, 7) is 2.49. The van der Waals surface area contributed by atoms with Gasteiger partial charge in [0.15, 0.2) is 0 Å². The number of nitrogens with one attached hydrogen (secondary N) is 1. The number of hydrogen-bond acceptors (Lipinski definition) is 2. The smallest absolute Gasteiger partial charge is 0.243 e. The second-order valence-electron chi connectivity index (χ2n) is 7.55. The lowest BCUT2D eigenvalue weighted by Crippen LogP contribution is -2.50. The fraction of sp³-hybridized carbons (Fsp3) is 0.231. The van der Waals surface area contributed by atoms with Gasteiger partial charge in [0.05, 0.1) is 6.42 Å². The standard InChI is InChI=1S/C26H26ClFN2O2/c1-2-29-26(32)24(16-19-7-4-3-5-8-19)30(18-20-11-13-23(28)14-12-20)25(31)17-21-9-6-10-22(27)15-21/h3-15,24H,2,16-18H2,1H3,(H,29,32)/t24-/m1/s1. The van der Waals surface area contributed by atoms with E-state index in [1.165, 1.54) is 12.1 Å². The van der Waals surface area contributed by atoms with Crippen LogP contribution in [0.5, 0.6) is 0 Å². The Hall–Kier alpha value is -3.18. The molecule has 0 aromatic heterocycles. The van der Waals surface area contributed by atoms with E-state index >= 15 is 0 Å². The fourth-order valence-electron chi connectivity index (χ4n) is 3.56. The summed E-state index contributed by atoms with van der Waals surface area (Å²) in [5.74, 6) is -0.781. The van der Waals surface area contributed by atoms with E-state index in [-0.39, 0.29) is 30.6 Å². The second kappa shape index (κ2) is 11.4. The summed E-state index contributed by atoms with van der Waals surface area (Å²) >= 11 is 6.09. The first kappa shape index (κ1) is 23.5. The van der Waals surface area contributed by atoms with Gasteiger partial charge in [-0.3, -0.25) is 9.59 Å². The number of rotatable bonds is 9. The third-order valence-corrected chi connectivity index (χ3v) is 5.37. The molecule has 4 nitrogen and oxygen atoms in total. The predicted octanol–water partition coefficient (Wildman–Crippen LogP) is 4.80. The van der Waals surface area contributed by atoms with Crippen LogP contribution in [0, 0.1) is 5.82 Å². The summed E-state index contributed by atoms with van der Waals surface area (Å²) in [5.41, 5.74) is 2.46. The van der Waals surface area contributed by atoms with Crippen LogP contribution in [0.15, 0.2) is 78.9 Å². The molecule has 0 aliphatic heterocycles. The summed E-state index contributed by atoms with van der Waals surface area (Å²) in [7, 11) is 0. The highest BCUT2D eigenvalue weighted by Gasteiger charge is 2.30. The zero-order valence-electron chi connectivity index (χ0n) is 17.9. The molecule has 1 atom stereocenters. The van der Waals surface area contributed by atoms with Gasteiger partial charge in [-0.05, 0) is 47.9 Å². The number of carbonyl (C=O) groups excluding carboxylic acids is 2. The minimum absolute atomic E-state index is 0.104. The van der Waals surface area contributed by atoms with Gasteiger partial charge in [-0.2, -0.15) is 0 Å². The van der Waals surface area contributed by atoms with E-state index in [0.29, 0.717) is 18.0 Å². The molecule has 3 aromatic carbocycles. The fourth-order valence-corrected chi connectivity index (χ4v) is 3.77. The normalized spacial score (nSPS) is 11.6. The molecule has 0 radical (unpaired) electrons. The van der Waals surface area contributed by atoms with Crippen LogP contribution in [-0.4, -0.2) is 29.3 Å². The first-order valence-electron chi connectivity index (χ1n) is 10.6. The van der Waals surface area contributed by atoms with Crippen LogP contribution in [0.4, 0.5) is 4.39 Å². The van der Waals surface area contributed by atoms with Crippen molar-refractivity contribution in [3.63, 3.8) is 0 Å². The van der Waals surface area contributed by atoms with Crippen molar-refractivity contribution in [2.75, 3.05) is 6.54 Å². The molecule has 0 saturated heterocycles. The first-order valence-corrected chi connectivity index (χ1v) is 10.9. The van der Waals surface area contributed by atoms with Gasteiger partial charge in [0.2, 0.25) is 11.8 Å². The largest absolute Gasteiger partial charge is 0.355 e. The SMILES string of the molecule is CCNC(=O)[C@@H](Cc1ccccc1)N(Cc1ccc(F)cc1)C(=O)Cc1cccc(Cl)c1. The van der Waals surface area contributed by atoms with Gasteiger partial charge < -0.3 is 10.2 Å². The topological polar surface area (TPSA) is 49.4 Å². The highest BCUT2D eigenvalue weighted by molar-refractivity contribution is 6.30. The van der Waals surface area contributed by atoms with E-state index in [9.17, 15) is 14.0 Å². The summed E-state index contributed by atoms with van der Waals surface area (Å²) in [4.78, 5) is 28.1. The van der Waals surface area contributed by atoms with Crippen molar-refractivity contribution in [3.8, 4) is 0 Å². The first-order chi connectivity index (χ1) is 15.5. The maximum absolute atomic E-state index is 13.5. The van der Waals surface area contributed by atoms with E-state index in [1.807, 2.05) is 43.3 Å². The Labute approximate surface area is 193 Å². The maximum Gasteiger partial charge on any atom is 0.243 e. The van der Waals surface area contributed by atoms with E-state index in [1.54, 1.807) is 35.2 Å². The summed E-state index contributed by atoms with van der Waals surface area (Å²) < 4.78 is 13.4. The molecule has 0 saturated carbocycles. The highest BCUT2D eigenvalue weighted by Crippen LogP contribution is 2.18. The van der Waals surface area contributed by atoms with Gasteiger partial charge >= 0.3 is 0 Å². The van der Waals surface area contributed by atoms with Gasteiger partial charge in [0, 0.05) is 24.5 Å². The van der Waals surface area contributed by atoms with Crippen LogP contribution in [0.3, 0.4) is 0 Å². The van der Waals surface area contributed by atoms with Crippen LogP contribution < -0.4 is 5.32 Å². The molecule has 2 amide bonds. The molecule has 0 unspecified atom stereocenters.